The molecule has 2 aromatic rings. The molecule has 2 heterocycles. The number of carbonyl (C=O) groups excluding carboxylic acids is 2. The van der Waals surface area contributed by atoms with E-state index in [-0.39, 0.29) is 12.0 Å². The van der Waals surface area contributed by atoms with Gasteiger partial charge in [0.1, 0.15) is 17.9 Å². The fourth-order valence-corrected chi connectivity index (χ4v) is 2.92. The maximum absolute atomic E-state index is 12.9. The van der Waals surface area contributed by atoms with Gasteiger partial charge in [0.15, 0.2) is 0 Å². The summed E-state index contributed by atoms with van der Waals surface area (Å²) in [6.45, 7) is 7.91. The Morgan fingerprint density at radius 1 is 1.23 bits per heavy atom. The summed E-state index contributed by atoms with van der Waals surface area (Å²) < 4.78 is 16.1. The first kappa shape index (κ1) is 17.8. The predicted molar refractivity (Wildman–Crippen MR) is 96.4 cm³/mol. The zero-order chi connectivity index (χ0) is 18.5. The van der Waals surface area contributed by atoms with Gasteiger partial charge in [0.2, 0.25) is 0 Å². The van der Waals surface area contributed by atoms with Crippen LogP contribution in [0.2, 0.25) is 0 Å². The molecule has 1 saturated heterocycles. The minimum Gasteiger partial charge on any atom is -0.489 e. The number of hydrogen-bond donors (Lipinski definition) is 0. The molecule has 0 radical (unpaired) electrons. The number of nitrogens with zero attached hydrogens (tertiary/aromatic N) is 2. The summed E-state index contributed by atoms with van der Waals surface area (Å²) in [5.41, 5.74) is 1.09. The predicted octanol–water partition coefficient (Wildman–Crippen LogP) is 2.91. The Morgan fingerprint density at radius 3 is 2.65 bits per heavy atom. The third-order valence-corrected chi connectivity index (χ3v) is 4.23. The van der Waals surface area contributed by atoms with Crippen molar-refractivity contribution in [1.29, 1.82) is 0 Å². The van der Waals surface area contributed by atoms with E-state index < -0.39 is 0 Å². The minimum atomic E-state index is -0.336. The molecule has 7 nitrogen and oxygen atoms in total. The summed E-state index contributed by atoms with van der Waals surface area (Å²) in [6.07, 6.45) is 2.88. The highest BCUT2D eigenvalue weighted by Crippen LogP contribution is 2.29. The van der Waals surface area contributed by atoms with E-state index in [4.69, 9.17) is 13.9 Å². The number of carbonyl (C=O) groups is 2. The summed E-state index contributed by atoms with van der Waals surface area (Å²) in [6, 6.07) is 5.25. The molecule has 0 atom stereocenters. The molecular weight excluding hydrogens is 336 g/mol. The quantitative estimate of drug-likeness (QED) is 0.769. The smallest absolute Gasteiger partial charge is 0.409 e. The second-order valence-corrected chi connectivity index (χ2v) is 5.88. The molecule has 1 aliphatic rings. The van der Waals surface area contributed by atoms with Crippen molar-refractivity contribution in [3.8, 4) is 5.75 Å². The second-order valence-electron chi connectivity index (χ2n) is 5.88. The van der Waals surface area contributed by atoms with Gasteiger partial charge in [0, 0.05) is 31.7 Å². The minimum absolute atomic E-state index is 0.115. The topological polar surface area (TPSA) is 72.2 Å². The Balaban J connectivity index is 1.74. The third-order valence-electron chi connectivity index (χ3n) is 4.23. The van der Waals surface area contributed by atoms with Gasteiger partial charge in [-0.15, -0.1) is 0 Å². The number of piperazine rings is 1. The number of hydrogen-bond acceptors (Lipinski definition) is 5. The van der Waals surface area contributed by atoms with Crippen molar-refractivity contribution in [1.82, 2.24) is 9.80 Å². The highest BCUT2D eigenvalue weighted by Gasteiger charge is 2.26. The summed E-state index contributed by atoms with van der Waals surface area (Å²) in [4.78, 5) is 28.0. The van der Waals surface area contributed by atoms with Gasteiger partial charge in [-0.3, -0.25) is 4.79 Å². The van der Waals surface area contributed by atoms with E-state index in [1.165, 1.54) is 0 Å². The van der Waals surface area contributed by atoms with Crippen LogP contribution in [0.15, 0.2) is 41.5 Å². The van der Waals surface area contributed by atoms with Crippen LogP contribution in [0.1, 0.15) is 17.3 Å². The van der Waals surface area contributed by atoms with E-state index in [1.54, 1.807) is 47.3 Å². The van der Waals surface area contributed by atoms with E-state index >= 15 is 0 Å². The molecule has 0 saturated carbocycles. The number of amides is 2. The van der Waals surface area contributed by atoms with E-state index in [1.807, 2.05) is 0 Å². The monoisotopic (exact) mass is 358 g/mol. The van der Waals surface area contributed by atoms with Crippen LogP contribution in [0.3, 0.4) is 0 Å². The fourth-order valence-electron chi connectivity index (χ4n) is 2.92. The fraction of sp³-hybridized carbons (Fsp3) is 0.368. The normalized spacial score (nSPS) is 14.3. The van der Waals surface area contributed by atoms with Gasteiger partial charge in [-0.2, -0.15) is 0 Å². The summed E-state index contributed by atoms with van der Waals surface area (Å²) in [5.74, 6) is 0.472. The van der Waals surface area contributed by atoms with Crippen LogP contribution in [-0.2, 0) is 4.74 Å². The zero-order valence-electron chi connectivity index (χ0n) is 14.8. The number of benzene rings is 1. The van der Waals surface area contributed by atoms with Gasteiger partial charge in [0.05, 0.1) is 18.3 Å². The number of furan rings is 1. The van der Waals surface area contributed by atoms with Crippen molar-refractivity contribution in [2.45, 2.75) is 6.92 Å². The Kier molecular flexibility index (Phi) is 5.46. The standard InChI is InChI=1S/C19H22N2O5/c1-3-10-25-16-12-14(13-17-15(16)5-11-26-17)18(22)20-6-8-21(9-7-20)19(23)24-4-2/h3,5,11-13H,1,4,6-10H2,2H3. The van der Waals surface area contributed by atoms with Crippen molar-refractivity contribution in [3.63, 3.8) is 0 Å². The number of ether oxygens (including phenoxy) is 2. The highest BCUT2D eigenvalue weighted by molar-refractivity contribution is 5.99. The van der Waals surface area contributed by atoms with Crippen LogP contribution in [0, 0.1) is 0 Å². The zero-order valence-corrected chi connectivity index (χ0v) is 14.8. The number of fused-ring (bicyclic) bond motifs is 1. The van der Waals surface area contributed by atoms with Crippen LogP contribution in [0.5, 0.6) is 5.75 Å². The van der Waals surface area contributed by atoms with Gasteiger partial charge in [0.25, 0.3) is 5.91 Å². The lowest BCUT2D eigenvalue weighted by Crippen LogP contribution is -2.50. The van der Waals surface area contributed by atoms with Crippen LogP contribution in [0.25, 0.3) is 11.0 Å². The van der Waals surface area contributed by atoms with Crippen LogP contribution in [0.4, 0.5) is 4.79 Å². The molecule has 7 heteroatoms. The van der Waals surface area contributed by atoms with Crippen molar-refractivity contribution in [2.24, 2.45) is 0 Å². The van der Waals surface area contributed by atoms with Crippen LogP contribution in [-0.4, -0.2) is 61.2 Å². The molecule has 3 rings (SSSR count). The maximum Gasteiger partial charge on any atom is 0.409 e. The van der Waals surface area contributed by atoms with Gasteiger partial charge >= 0.3 is 6.09 Å². The van der Waals surface area contributed by atoms with Crippen LogP contribution >= 0.6 is 0 Å². The van der Waals surface area contributed by atoms with Crippen LogP contribution < -0.4 is 4.74 Å². The molecule has 1 aliphatic heterocycles. The molecular formula is C19H22N2O5. The van der Waals surface area contributed by atoms with E-state index in [0.717, 1.165) is 5.39 Å². The molecule has 26 heavy (non-hydrogen) atoms. The first-order chi connectivity index (χ1) is 12.6. The lowest BCUT2D eigenvalue weighted by Gasteiger charge is -2.34. The van der Waals surface area contributed by atoms with E-state index in [9.17, 15) is 9.59 Å². The van der Waals surface area contributed by atoms with Crippen molar-refractivity contribution < 1.29 is 23.5 Å². The molecule has 0 spiro atoms. The molecule has 1 aromatic carbocycles. The van der Waals surface area contributed by atoms with Gasteiger partial charge < -0.3 is 23.7 Å². The Hall–Kier alpha value is -2.96. The van der Waals surface area contributed by atoms with Crippen molar-refractivity contribution in [2.75, 3.05) is 39.4 Å². The molecule has 1 fully saturated rings. The molecule has 0 N–H and O–H groups in total. The first-order valence-corrected chi connectivity index (χ1v) is 8.60. The Labute approximate surface area is 151 Å². The highest BCUT2D eigenvalue weighted by atomic mass is 16.6. The SMILES string of the molecule is C=CCOc1cc(C(=O)N2CCN(C(=O)OCC)CC2)cc2occc12. The van der Waals surface area contributed by atoms with E-state index in [2.05, 4.69) is 6.58 Å². The van der Waals surface area contributed by atoms with E-state index in [0.29, 0.717) is 56.3 Å². The molecule has 138 valence electrons. The summed E-state index contributed by atoms with van der Waals surface area (Å²) in [5, 5.41) is 0.815. The molecule has 0 unspecified atom stereocenters. The van der Waals surface area contributed by atoms with Crippen molar-refractivity contribution >= 4 is 23.0 Å². The lowest BCUT2D eigenvalue weighted by atomic mass is 10.1. The summed E-state index contributed by atoms with van der Waals surface area (Å²) >= 11 is 0. The second kappa shape index (κ2) is 7.95. The third kappa shape index (κ3) is 3.66. The van der Waals surface area contributed by atoms with Gasteiger partial charge in [-0.05, 0) is 25.1 Å². The first-order valence-electron chi connectivity index (χ1n) is 8.60. The molecule has 1 aromatic heterocycles. The van der Waals surface area contributed by atoms with Gasteiger partial charge in [-0.1, -0.05) is 12.7 Å². The average molecular weight is 358 g/mol. The number of rotatable bonds is 5. The maximum atomic E-state index is 12.9. The average Bonchev–Trinajstić information content (AvgIpc) is 3.14. The Bertz CT molecular complexity index is 805. The largest absolute Gasteiger partial charge is 0.489 e. The Morgan fingerprint density at radius 2 is 1.96 bits per heavy atom. The molecule has 2 amide bonds. The van der Waals surface area contributed by atoms with Crippen molar-refractivity contribution in [3.05, 3.63) is 42.7 Å². The molecule has 0 aliphatic carbocycles. The van der Waals surface area contributed by atoms with Gasteiger partial charge in [-0.25, -0.2) is 4.79 Å². The lowest BCUT2D eigenvalue weighted by molar-refractivity contribution is 0.0570. The summed E-state index contributed by atoms with van der Waals surface area (Å²) in [7, 11) is 0. The molecule has 0 bridgehead atoms.